The second-order valence-electron chi connectivity index (χ2n) is 5.20. The van der Waals surface area contributed by atoms with Crippen LogP contribution < -0.4 is 0 Å². The van der Waals surface area contributed by atoms with E-state index in [1.165, 1.54) is 6.42 Å². The van der Waals surface area contributed by atoms with Crippen molar-refractivity contribution < 1.29 is 4.79 Å². The van der Waals surface area contributed by atoms with Gasteiger partial charge < -0.3 is 0 Å². The highest BCUT2D eigenvalue weighted by atomic mass is 16.1. The normalized spacial score (nSPS) is 30.9. The van der Waals surface area contributed by atoms with E-state index in [4.69, 9.17) is 0 Å². The number of Topliss-reactive ketones (excluding diaryl/α,β-unsaturated/α-hetero) is 1. The zero-order valence-corrected chi connectivity index (χ0v) is 10.6. The predicted molar refractivity (Wildman–Crippen MR) is 65.5 cm³/mol. The molecular weight excluding hydrogens is 200 g/mol. The zero-order chi connectivity index (χ0) is 11.5. The van der Waals surface area contributed by atoms with Crippen molar-refractivity contribution in [2.24, 2.45) is 0 Å². The van der Waals surface area contributed by atoms with Crippen LogP contribution in [-0.2, 0) is 4.79 Å². The number of carbonyl (C=O) groups is 1. The molecule has 1 heterocycles. The van der Waals surface area contributed by atoms with E-state index < -0.39 is 0 Å². The van der Waals surface area contributed by atoms with E-state index >= 15 is 0 Å². The van der Waals surface area contributed by atoms with E-state index in [9.17, 15) is 4.79 Å². The topological polar surface area (TPSA) is 23.6 Å². The van der Waals surface area contributed by atoms with E-state index in [-0.39, 0.29) is 6.04 Å². The Balaban J connectivity index is 1.83. The molecular formula is C13H24N2O. The Morgan fingerprint density at radius 1 is 1.31 bits per heavy atom. The van der Waals surface area contributed by atoms with E-state index in [2.05, 4.69) is 23.6 Å². The lowest BCUT2D eigenvalue weighted by atomic mass is 10.1. The van der Waals surface area contributed by atoms with Crippen molar-refractivity contribution in [1.82, 2.24) is 9.80 Å². The molecule has 2 fully saturated rings. The van der Waals surface area contributed by atoms with Gasteiger partial charge in [0.1, 0.15) is 5.78 Å². The summed E-state index contributed by atoms with van der Waals surface area (Å²) < 4.78 is 0. The van der Waals surface area contributed by atoms with Crippen LogP contribution in [0.15, 0.2) is 0 Å². The molecule has 1 saturated heterocycles. The molecule has 0 aromatic heterocycles. The van der Waals surface area contributed by atoms with Gasteiger partial charge in [-0.25, -0.2) is 0 Å². The molecule has 3 heteroatoms. The van der Waals surface area contributed by atoms with Gasteiger partial charge in [0.2, 0.25) is 0 Å². The quantitative estimate of drug-likeness (QED) is 0.726. The highest BCUT2D eigenvalue weighted by Crippen LogP contribution is 2.22. The number of hydrogen-bond donors (Lipinski definition) is 0. The molecule has 1 aliphatic heterocycles. The van der Waals surface area contributed by atoms with Crippen LogP contribution in [0.4, 0.5) is 0 Å². The molecule has 0 radical (unpaired) electrons. The lowest BCUT2D eigenvalue weighted by Gasteiger charge is -2.39. The lowest BCUT2D eigenvalue weighted by Crippen LogP contribution is -2.53. The van der Waals surface area contributed by atoms with Crippen LogP contribution in [0.25, 0.3) is 0 Å². The number of nitrogens with zero attached hydrogens (tertiary/aromatic N) is 2. The van der Waals surface area contributed by atoms with Gasteiger partial charge >= 0.3 is 0 Å². The first-order chi connectivity index (χ1) is 7.72. The number of carbonyl (C=O) groups excluding carboxylic acids is 1. The van der Waals surface area contributed by atoms with Crippen LogP contribution in [-0.4, -0.2) is 53.8 Å². The number of ketones is 1. The van der Waals surface area contributed by atoms with Crippen LogP contribution in [0.3, 0.4) is 0 Å². The Kier molecular flexibility index (Phi) is 3.98. The summed E-state index contributed by atoms with van der Waals surface area (Å²) in [6.07, 6.45) is 4.25. The third-order valence-corrected chi connectivity index (χ3v) is 4.28. The standard InChI is InChI=1S/C13H24N2O/c1-3-11(2)14-7-9-15(10-8-14)12-5-4-6-13(12)16/h11-12H,3-10H2,1-2H3. The van der Waals surface area contributed by atoms with Crippen molar-refractivity contribution in [3.63, 3.8) is 0 Å². The van der Waals surface area contributed by atoms with Gasteiger partial charge in [0.25, 0.3) is 0 Å². The second-order valence-corrected chi connectivity index (χ2v) is 5.20. The molecule has 0 bridgehead atoms. The number of piperazine rings is 1. The third kappa shape index (κ3) is 2.46. The minimum Gasteiger partial charge on any atom is -0.298 e. The fraction of sp³-hybridized carbons (Fsp3) is 0.923. The number of rotatable bonds is 3. The van der Waals surface area contributed by atoms with Gasteiger partial charge in [0.05, 0.1) is 6.04 Å². The molecule has 2 rings (SSSR count). The Hall–Kier alpha value is -0.410. The Morgan fingerprint density at radius 2 is 2.00 bits per heavy atom. The maximum atomic E-state index is 11.7. The fourth-order valence-corrected chi connectivity index (χ4v) is 2.93. The fourth-order valence-electron chi connectivity index (χ4n) is 2.93. The van der Waals surface area contributed by atoms with Crippen molar-refractivity contribution in [3.8, 4) is 0 Å². The first kappa shape index (κ1) is 12.1. The van der Waals surface area contributed by atoms with Crippen LogP contribution in [0.5, 0.6) is 0 Å². The van der Waals surface area contributed by atoms with Crippen LogP contribution in [0.2, 0.25) is 0 Å². The predicted octanol–water partition coefficient (Wildman–Crippen LogP) is 1.52. The van der Waals surface area contributed by atoms with Gasteiger partial charge in [0.15, 0.2) is 0 Å². The Bertz CT molecular complexity index is 246. The molecule has 0 aromatic rings. The van der Waals surface area contributed by atoms with Crippen molar-refractivity contribution in [1.29, 1.82) is 0 Å². The van der Waals surface area contributed by atoms with Crippen LogP contribution in [0, 0.1) is 0 Å². The molecule has 92 valence electrons. The van der Waals surface area contributed by atoms with Crippen LogP contribution >= 0.6 is 0 Å². The highest BCUT2D eigenvalue weighted by molar-refractivity contribution is 5.85. The maximum Gasteiger partial charge on any atom is 0.149 e. The minimum atomic E-state index is 0.263. The summed E-state index contributed by atoms with van der Waals surface area (Å²) in [6.45, 7) is 8.99. The molecule has 0 amide bonds. The van der Waals surface area contributed by atoms with E-state index in [1.54, 1.807) is 0 Å². The smallest absolute Gasteiger partial charge is 0.149 e. The van der Waals surface area contributed by atoms with E-state index in [1.807, 2.05) is 0 Å². The highest BCUT2D eigenvalue weighted by Gasteiger charge is 2.32. The molecule has 0 N–H and O–H groups in total. The first-order valence-corrected chi connectivity index (χ1v) is 6.73. The molecule has 1 aliphatic carbocycles. The molecule has 16 heavy (non-hydrogen) atoms. The van der Waals surface area contributed by atoms with Crippen molar-refractivity contribution >= 4 is 5.78 Å². The van der Waals surface area contributed by atoms with Crippen molar-refractivity contribution in [2.45, 2.75) is 51.6 Å². The summed E-state index contributed by atoms with van der Waals surface area (Å²) in [7, 11) is 0. The van der Waals surface area contributed by atoms with Crippen molar-refractivity contribution in [2.75, 3.05) is 26.2 Å². The van der Waals surface area contributed by atoms with E-state index in [0.717, 1.165) is 45.4 Å². The second kappa shape index (κ2) is 5.28. The van der Waals surface area contributed by atoms with Gasteiger partial charge in [-0.1, -0.05) is 6.92 Å². The summed E-state index contributed by atoms with van der Waals surface area (Å²) in [5.41, 5.74) is 0. The Labute approximate surface area is 98.8 Å². The largest absolute Gasteiger partial charge is 0.298 e. The molecule has 2 aliphatic rings. The third-order valence-electron chi connectivity index (χ3n) is 4.28. The summed E-state index contributed by atoms with van der Waals surface area (Å²) in [5.74, 6) is 0.483. The number of hydrogen-bond acceptors (Lipinski definition) is 3. The van der Waals surface area contributed by atoms with Gasteiger partial charge in [-0.2, -0.15) is 0 Å². The minimum absolute atomic E-state index is 0.263. The average molecular weight is 224 g/mol. The molecule has 0 aromatic carbocycles. The summed E-state index contributed by atoms with van der Waals surface area (Å²) in [5, 5.41) is 0. The monoisotopic (exact) mass is 224 g/mol. The molecule has 2 unspecified atom stereocenters. The summed E-state index contributed by atoms with van der Waals surface area (Å²) in [4.78, 5) is 16.7. The van der Waals surface area contributed by atoms with Crippen LogP contribution in [0.1, 0.15) is 39.5 Å². The van der Waals surface area contributed by atoms with Gasteiger partial charge in [-0.15, -0.1) is 0 Å². The molecule has 2 atom stereocenters. The average Bonchev–Trinajstić information content (AvgIpc) is 2.75. The van der Waals surface area contributed by atoms with E-state index in [0.29, 0.717) is 11.8 Å². The zero-order valence-electron chi connectivity index (χ0n) is 10.6. The molecule has 1 saturated carbocycles. The van der Waals surface area contributed by atoms with Gasteiger partial charge in [-0.05, 0) is 26.2 Å². The Morgan fingerprint density at radius 3 is 2.50 bits per heavy atom. The first-order valence-electron chi connectivity index (χ1n) is 6.73. The van der Waals surface area contributed by atoms with Crippen molar-refractivity contribution in [3.05, 3.63) is 0 Å². The summed E-state index contributed by atoms with van der Waals surface area (Å²) in [6, 6.07) is 0.959. The van der Waals surface area contributed by atoms with Gasteiger partial charge in [-0.3, -0.25) is 14.6 Å². The SMILES string of the molecule is CCC(C)N1CCN(C2CCCC2=O)CC1. The van der Waals surface area contributed by atoms with Gasteiger partial charge in [0, 0.05) is 38.6 Å². The maximum absolute atomic E-state index is 11.7. The molecule has 0 spiro atoms. The summed E-state index contributed by atoms with van der Waals surface area (Å²) >= 11 is 0. The lowest BCUT2D eigenvalue weighted by molar-refractivity contribution is -0.122. The molecule has 3 nitrogen and oxygen atoms in total.